The highest BCUT2D eigenvalue weighted by atomic mass is 79.9. The Balaban J connectivity index is 2.23. The molecular formula is C13H12BrNO3. The van der Waals surface area contributed by atoms with Gasteiger partial charge in [0, 0.05) is 4.47 Å². The van der Waals surface area contributed by atoms with Crippen LogP contribution in [-0.4, -0.2) is 13.0 Å². The molecule has 2 rings (SSSR count). The fourth-order valence-corrected chi connectivity index (χ4v) is 1.90. The van der Waals surface area contributed by atoms with Gasteiger partial charge in [-0.2, -0.15) is 0 Å². The number of benzene rings is 1. The van der Waals surface area contributed by atoms with Crippen LogP contribution in [0.5, 0.6) is 5.75 Å². The maximum atomic E-state index is 12.0. The maximum Gasteiger partial charge on any atom is 0.259 e. The Labute approximate surface area is 113 Å². The number of ether oxygens (including phenoxy) is 1. The minimum atomic E-state index is -0.233. The van der Waals surface area contributed by atoms with Crippen molar-refractivity contribution in [2.24, 2.45) is 0 Å². The zero-order valence-corrected chi connectivity index (χ0v) is 11.6. The number of halogens is 1. The van der Waals surface area contributed by atoms with E-state index in [0.29, 0.717) is 22.8 Å². The Morgan fingerprint density at radius 3 is 2.78 bits per heavy atom. The molecule has 0 aliphatic carbocycles. The number of methoxy groups -OCH3 is 1. The molecule has 1 amide bonds. The van der Waals surface area contributed by atoms with Crippen molar-refractivity contribution in [1.82, 2.24) is 0 Å². The highest BCUT2D eigenvalue weighted by Gasteiger charge is 2.12. The number of aryl methyl sites for hydroxylation is 1. The standard InChI is InChI=1S/C13H12BrNO3/c1-8-5-9(7-18-8)13(16)15-11-6-10(14)3-4-12(11)17-2/h3-7H,1-2H3,(H,15,16). The van der Waals surface area contributed by atoms with E-state index in [1.807, 2.05) is 6.07 Å². The Hall–Kier alpha value is -1.75. The van der Waals surface area contributed by atoms with Crippen molar-refractivity contribution in [1.29, 1.82) is 0 Å². The fraction of sp³-hybridized carbons (Fsp3) is 0.154. The van der Waals surface area contributed by atoms with Gasteiger partial charge >= 0.3 is 0 Å². The number of anilines is 1. The van der Waals surface area contributed by atoms with Crippen LogP contribution in [0.2, 0.25) is 0 Å². The van der Waals surface area contributed by atoms with Crippen LogP contribution in [0.25, 0.3) is 0 Å². The zero-order chi connectivity index (χ0) is 13.1. The number of rotatable bonds is 3. The predicted molar refractivity (Wildman–Crippen MR) is 72.1 cm³/mol. The number of hydrogen-bond donors (Lipinski definition) is 1. The molecule has 94 valence electrons. The monoisotopic (exact) mass is 309 g/mol. The molecule has 1 heterocycles. The van der Waals surface area contributed by atoms with Crippen molar-refractivity contribution in [3.8, 4) is 5.75 Å². The van der Waals surface area contributed by atoms with Gasteiger partial charge in [0.1, 0.15) is 17.8 Å². The lowest BCUT2D eigenvalue weighted by atomic mass is 10.2. The van der Waals surface area contributed by atoms with Crippen LogP contribution in [0.4, 0.5) is 5.69 Å². The molecule has 0 radical (unpaired) electrons. The third kappa shape index (κ3) is 2.73. The van der Waals surface area contributed by atoms with Crippen LogP contribution in [0, 0.1) is 6.92 Å². The van der Waals surface area contributed by atoms with E-state index in [1.54, 1.807) is 32.2 Å². The highest BCUT2D eigenvalue weighted by Crippen LogP contribution is 2.28. The van der Waals surface area contributed by atoms with Gasteiger partial charge in [0.2, 0.25) is 0 Å². The minimum Gasteiger partial charge on any atom is -0.495 e. The van der Waals surface area contributed by atoms with Gasteiger partial charge in [-0.15, -0.1) is 0 Å². The average molecular weight is 310 g/mol. The molecule has 1 aromatic carbocycles. The molecule has 0 saturated carbocycles. The van der Waals surface area contributed by atoms with E-state index in [-0.39, 0.29) is 5.91 Å². The second kappa shape index (κ2) is 5.27. The van der Waals surface area contributed by atoms with Crippen LogP contribution < -0.4 is 10.1 Å². The predicted octanol–water partition coefficient (Wildman–Crippen LogP) is 3.61. The molecule has 1 aromatic heterocycles. The molecule has 0 bridgehead atoms. The van der Waals surface area contributed by atoms with Crippen molar-refractivity contribution < 1.29 is 13.9 Å². The van der Waals surface area contributed by atoms with Gasteiger partial charge in [-0.3, -0.25) is 4.79 Å². The van der Waals surface area contributed by atoms with E-state index < -0.39 is 0 Å². The number of hydrogen-bond acceptors (Lipinski definition) is 3. The first-order valence-electron chi connectivity index (χ1n) is 5.30. The van der Waals surface area contributed by atoms with Gasteiger partial charge in [-0.25, -0.2) is 0 Å². The molecule has 1 N–H and O–H groups in total. The van der Waals surface area contributed by atoms with Crippen LogP contribution in [-0.2, 0) is 0 Å². The van der Waals surface area contributed by atoms with Gasteiger partial charge < -0.3 is 14.5 Å². The lowest BCUT2D eigenvalue weighted by Gasteiger charge is -2.09. The maximum absolute atomic E-state index is 12.0. The van der Waals surface area contributed by atoms with Crippen LogP contribution >= 0.6 is 15.9 Å². The van der Waals surface area contributed by atoms with Crippen molar-refractivity contribution in [3.63, 3.8) is 0 Å². The largest absolute Gasteiger partial charge is 0.495 e. The van der Waals surface area contributed by atoms with Crippen molar-refractivity contribution in [3.05, 3.63) is 46.3 Å². The summed E-state index contributed by atoms with van der Waals surface area (Å²) in [4.78, 5) is 12.0. The first kappa shape index (κ1) is 12.7. The SMILES string of the molecule is COc1ccc(Br)cc1NC(=O)c1coc(C)c1. The van der Waals surface area contributed by atoms with E-state index in [2.05, 4.69) is 21.2 Å². The van der Waals surface area contributed by atoms with Crippen molar-refractivity contribution in [2.75, 3.05) is 12.4 Å². The zero-order valence-electron chi connectivity index (χ0n) is 9.99. The summed E-state index contributed by atoms with van der Waals surface area (Å²) >= 11 is 3.35. The second-order valence-corrected chi connectivity index (χ2v) is 4.66. The second-order valence-electron chi connectivity index (χ2n) is 3.74. The van der Waals surface area contributed by atoms with Crippen molar-refractivity contribution in [2.45, 2.75) is 6.92 Å². The van der Waals surface area contributed by atoms with E-state index in [1.165, 1.54) is 6.26 Å². The summed E-state index contributed by atoms with van der Waals surface area (Å²) in [5.41, 5.74) is 1.09. The quantitative estimate of drug-likeness (QED) is 0.942. The smallest absolute Gasteiger partial charge is 0.259 e. The molecule has 0 fully saturated rings. The normalized spacial score (nSPS) is 10.2. The van der Waals surface area contributed by atoms with E-state index in [0.717, 1.165) is 4.47 Å². The first-order valence-corrected chi connectivity index (χ1v) is 6.09. The lowest BCUT2D eigenvalue weighted by molar-refractivity contribution is 0.102. The van der Waals surface area contributed by atoms with Crippen LogP contribution in [0.3, 0.4) is 0 Å². The summed E-state index contributed by atoms with van der Waals surface area (Å²) in [5, 5.41) is 2.78. The number of furan rings is 1. The lowest BCUT2D eigenvalue weighted by Crippen LogP contribution is -2.11. The fourth-order valence-electron chi connectivity index (χ4n) is 1.53. The van der Waals surface area contributed by atoms with Gasteiger partial charge in [-0.1, -0.05) is 15.9 Å². The third-order valence-electron chi connectivity index (χ3n) is 2.40. The third-order valence-corrected chi connectivity index (χ3v) is 2.90. The number of nitrogens with one attached hydrogen (secondary N) is 1. The molecule has 18 heavy (non-hydrogen) atoms. The van der Waals surface area contributed by atoms with E-state index in [4.69, 9.17) is 9.15 Å². The van der Waals surface area contributed by atoms with Gasteiger partial charge in [0.15, 0.2) is 0 Å². The minimum absolute atomic E-state index is 0.233. The van der Waals surface area contributed by atoms with Crippen LogP contribution in [0.15, 0.2) is 39.4 Å². The van der Waals surface area contributed by atoms with Gasteiger partial charge in [-0.05, 0) is 31.2 Å². The molecule has 2 aromatic rings. The number of carbonyl (C=O) groups excluding carboxylic acids is 1. The first-order chi connectivity index (χ1) is 8.60. The highest BCUT2D eigenvalue weighted by molar-refractivity contribution is 9.10. The molecule has 0 aliphatic rings. The van der Waals surface area contributed by atoms with Gasteiger partial charge in [0.25, 0.3) is 5.91 Å². The summed E-state index contributed by atoms with van der Waals surface area (Å²) < 4.78 is 11.1. The molecule has 4 nitrogen and oxygen atoms in total. The Bertz CT molecular complexity index is 577. The van der Waals surface area contributed by atoms with E-state index in [9.17, 15) is 4.79 Å². The molecule has 0 unspecified atom stereocenters. The van der Waals surface area contributed by atoms with E-state index >= 15 is 0 Å². The Kier molecular flexibility index (Phi) is 3.72. The number of carbonyl (C=O) groups is 1. The number of amides is 1. The Morgan fingerprint density at radius 1 is 1.39 bits per heavy atom. The Morgan fingerprint density at radius 2 is 2.17 bits per heavy atom. The molecule has 0 saturated heterocycles. The summed E-state index contributed by atoms with van der Waals surface area (Å²) in [6, 6.07) is 7.08. The molecule has 0 atom stereocenters. The van der Waals surface area contributed by atoms with Gasteiger partial charge in [0.05, 0.1) is 18.4 Å². The molecule has 0 aliphatic heterocycles. The van der Waals surface area contributed by atoms with Crippen LogP contribution in [0.1, 0.15) is 16.1 Å². The average Bonchev–Trinajstić information content (AvgIpc) is 2.76. The topological polar surface area (TPSA) is 51.5 Å². The summed E-state index contributed by atoms with van der Waals surface area (Å²) in [7, 11) is 1.56. The molecular weight excluding hydrogens is 298 g/mol. The van der Waals surface area contributed by atoms with Crippen molar-refractivity contribution >= 4 is 27.5 Å². The summed E-state index contributed by atoms with van der Waals surface area (Å²) in [6.07, 6.45) is 1.43. The molecule has 0 spiro atoms. The molecule has 5 heteroatoms. The summed E-state index contributed by atoms with van der Waals surface area (Å²) in [6.45, 7) is 1.79. The summed E-state index contributed by atoms with van der Waals surface area (Å²) in [5.74, 6) is 1.07.